The highest BCUT2D eigenvalue weighted by Crippen LogP contribution is 2.30. The summed E-state index contributed by atoms with van der Waals surface area (Å²) in [4.78, 5) is 44.9. The predicted molar refractivity (Wildman–Crippen MR) is 137 cm³/mol. The van der Waals surface area contributed by atoms with Gasteiger partial charge in [-0.3, -0.25) is 14.2 Å². The maximum absolute atomic E-state index is 13.5. The second kappa shape index (κ2) is 11.0. The van der Waals surface area contributed by atoms with Gasteiger partial charge in [0.2, 0.25) is 5.91 Å². The number of ether oxygens (including phenoxy) is 1. The number of carbonyl (C=O) groups excluding carboxylic acids is 2. The van der Waals surface area contributed by atoms with Crippen LogP contribution in [-0.2, 0) is 22.6 Å². The summed E-state index contributed by atoms with van der Waals surface area (Å²) >= 11 is 3.90. The zero-order chi connectivity index (χ0) is 24.1. The lowest BCUT2D eigenvalue weighted by molar-refractivity contribution is -0.118. The lowest BCUT2D eigenvalue weighted by Gasteiger charge is -2.11. The second-order valence-electron chi connectivity index (χ2n) is 7.37. The second-order valence-corrected chi connectivity index (χ2v) is 10.3. The number of fused-ring (bicyclic) bond motifs is 1. The molecule has 0 radical (unpaired) electrons. The van der Waals surface area contributed by atoms with Crippen LogP contribution in [0, 0.1) is 6.92 Å². The van der Waals surface area contributed by atoms with E-state index in [1.54, 1.807) is 29.8 Å². The first-order valence-corrected chi connectivity index (χ1v) is 13.3. The number of hydrogen-bond acceptors (Lipinski definition) is 8. The highest BCUT2D eigenvalue weighted by molar-refractivity contribution is 7.99. The fourth-order valence-electron chi connectivity index (χ4n) is 3.37. The van der Waals surface area contributed by atoms with Gasteiger partial charge in [-0.15, -0.1) is 22.7 Å². The SMILES string of the molecule is CCOC(=O)c1sc2nc(SCC(=O)NCc3ccccc3)n(Cc3cccs3)c(=O)c2c1C. The van der Waals surface area contributed by atoms with Gasteiger partial charge in [0, 0.05) is 11.4 Å². The smallest absolute Gasteiger partial charge is 0.348 e. The Bertz CT molecular complexity index is 1360. The van der Waals surface area contributed by atoms with Crippen molar-refractivity contribution in [3.8, 4) is 0 Å². The molecule has 7 nitrogen and oxygen atoms in total. The van der Waals surface area contributed by atoms with Gasteiger partial charge in [0.05, 0.1) is 24.3 Å². The van der Waals surface area contributed by atoms with Gasteiger partial charge in [0.25, 0.3) is 5.56 Å². The van der Waals surface area contributed by atoms with Crippen LogP contribution in [0.1, 0.15) is 32.6 Å². The number of nitrogens with one attached hydrogen (secondary N) is 1. The standard InChI is InChI=1S/C24H23N3O4S3/c1-3-31-23(30)20-15(2)19-21(34-20)26-24(27(22(19)29)13-17-10-7-11-32-17)33-14-18(28)25-12-16-8-5-4-6-9-16/h4-11H,3,12-14H2,1-2H3,(H,25,28). The quantitative estimate of drug-likeness (QED) is 0.202. The number of nitrogens with zero attached hydrogens (tertiary/aromatic N) is 2. The molecular weight excluding hydrogens is 490 g/mol. The monoisotopic (exact) mass is 513 g/mol. The van der Waals surface area contributed by atoms with Crippen LogP contribution in [0.5, 0.6) is 0 Å². The first-order valence-electron chi connectivity index (χ1n) is 10.6. The molecule has 3 aromatic heterocycles. The molecule has 0 saturated heterocycles. The maximum Gasteiger partial charge on any atom is 0.348 e. The Morgan fingerprint density at radius 2 is 1.97 bits per heavy atom. The Morgan fingerprint density at radius 1 is 1.18 bits per heavy atom. The van der Waals surface area contributed by atoms with Gasteiger partial charge in [-0.1, -0.05) is 48.2 Å². The number of aromatic nitrogens is 2. The fourth-order valence-corrected chi connectivity index (χ4v) is 6.01. The van der Waals surface area contributed by atoms with E-state index in [4.69, 9.17) is 9.72 Å². The molecule has 0 aliphatic carbocycles. The van der Waals surface area contributed by atoms with Crippen molar-refractivity contribution in [2.75, 3.05) is 12.4 Å². The van der Waals surface area contributed by atoms with Crippen LogP contribution < -0.4 is 10.9 Å². The van der Waals surface area contributed by atoms with Crippen LogP contribution in [0.4, 0.5) is 0 Å². The summed E-state index contributed by atoms with van der Waals surface area (Å²) in [6.07, 6.45) is 0. The number of amides is 1. The Balaban J connectivity index is 1.62. The van der Waals surface area contributed by atoms with Gasteiger partial charge in [-0.05, 0) is 36.4 Å². The average molecular weight is 514 g/mol. The molecule has 0 bridgehead atoms. The van der Waals surface area contributed by atoms with E-state index in [1.165, 1.54) is 11.8 Å². The van der Waals surface area contributed by atoms with Crippen LogP contribution >= 0.6 is 34.4 Å². The van der Waals surface area contributed by atoms with Gasteiger partial charge < -0.3 is 10.1 Å². The molecule has 176 valence electrons. The minimum Gasteiger partial charge on any atom is -0.462 e. The van der Waals surface area contributed by atoms with Crippen molar-refractivity contribution in [2.45, 2.75) is 32.1 Å². The Hall–Kier alpha value is -2.95. The number of esters is 1. The third-order valence-corrected chi connectivity index (χ3v) is 8.04. The third kappa shape index (κ3) is 5.40. The molecule has 0 atom stereocenters. The molecule has 1 aromatic carbocycles. The molecule has 3 heterocycles. The van der Waals surface area contributed by atoms with Crippen LogP contribution in [0.25, 0.3) is 10.2 Å². The molecule has 0 saturated carbocycles. The topological polar surface area (TPSA) is 90.3 Å². The number of rotatable bonds is 9. The summed E-state index contributed by atoms with van der Waals surface area (Å²) in [5.41, 5.74) is 1.36. The van der Waals surface area contributed by atoms with Crippen molar-refractivity contribution < 1.29 is 14.3 Å². The highest BCUT2D eigenvalue weighted by atomic mass is 32.2. The average Bonchev–Trinajstić information content (AvgIpc) is 3.47. The molecule has 1 amide bonds. The van der Waals surface area contributed by atoms with E-state index in [1.807, 2.05) is 47.8 Å². The predicted octanol–water partition coefficient (Wildman–Crippen LogP) is 4.46. The van der Waals surface area contributed by atoms with E-state index in [2.05, 4.69) is 5.32 Å². The Kier molecular flexibility index (Phi) is 7.81. The molecule has 10 heteroatoms. The maximum atomic E-state index is 13.5. The molecule has 1 N–H and O–H groups in total. The summed E-state index contributed by atoms with van der Waals surface area (Å²) in [6, 6.07) is 13.5. The van der Waals surface area contributed by atoms with Crippen LogP contribution in [-0.4, -0.2) is 33.8 Å². The van der Waals surface area contributed by atoms with Gasteiger partial charge in [0.15, 0.2) is 5.16 Å². The first-order chi connectivity index (χ1) is 16.5. The summed E-state index contributed by atoms with van der Waals surface area (Å²) in [6.45, 7) is 4.51. The third-order valence-electron chi connectivity index (χ3n) is 5.04. The number of thioether (sulfide) groups is 1. The van der Waals surface area contributed by atoms with Gasteiger partial charge >= 0.3 is 5.97 Å². The number of hydrogen-bond donors (Lipinski definition) is 1. The van der Waals surface area contributed by atoms with E-state index in [-0.39, 0.29) is 23.8 Å². The lowest BCUT2D eigenvalue weighted by Crippen LogP contribution is -2.27. The molecule has 4 aromatic rings. The number of thiophene rings is 2. The van der Waals surface area contributed by atoms with Crippen LogP contribution in [0.3, 0.4) is 0 Å². The van der Waals surface area contributed by atoms with Crippen molar-refractivity contribution in [3.05, 3.63) is 79.1 Å². The van der Waals surface area contributed by atoms with Crippen molar-refractivity contribution >= 4 is 56.5 Å². The molecule has 0 aliphatic rings. The largest absolute Gasteiger partial charge is 0.462 e. The summed E-state index contributed by atoms with van der Waals surface area (Å²) < 4.78 is 6.73. The van der Waals surface area contributed by atoms with E-state index in [0.29, 0.717) is 38.9 Å². The van der Waals surface area contributed by atoms with E-state index < -0.39 is 5.97 Å². The molecule has 0 fully saturated rings. The van der Waals surface area contributed by atoms with Crippen LogP contribution in [0.2, 0.25) is 0 Å². The summed E-state index contributed by atoms with van der Waals surface area (Å²) in [5, 5.41) is 5.71. The van der Waals surface area contributed by atoms with E-state index in [9.17, 15) is 14.4 Å². The first kappa shape index (κ1) is 24.2. The highest BCUT2D eigenvalue weighted by Gasteiger charge is 2.23. The minimum atomic E-state index is -0.457. The molecule has 4 rings (SSSR count). The van der Waals surface area contributed by atoms with Crippen molar-refractivity contribution in [1.82, 2.24) is 14.9 Å². The summed E-state index contributed by atoms with van der Waals surface area (Å²) in [7, 11) is 0. The Labute approximate surface area is 208 Å². The fraction of sp³-hybridized carbons (Fsp3) is 0.250. The lowest BCUT2D eigenvalue weighted by atomic mass is 10.2. The zero-order valence-corrected chi connectivity index (χ0v) is 21.1. The molecular formula is C24H23N3O4S3. The van der Waals surface area contributed by atoms with E-state index in [0.717, 1.165) is 21.8 Å². The molecule has 34 heavy (non-hydrogen) atoms. The molecule has 0 unspecified atom stereocenters. The van der Waals surface area contributed by atoms with Crippen molar-refractivity contribution in [2.24, 2.45) is 0 Å². The molecule has 0 spiro atoms. The van der Waals surface area contributed by atoms with Gasteiger partial charge in [0.1, 0.15) is 9.71 Å². The normalized spacial score (nSPS) is 11.0. The number of benzene rings is 1. The van der Waals surface area contributed by atoms with Crippen molar-refractivity contribution in [3.63, 3.8) is 0 Å². The summed E-state index contributed by atoms with van der Waals surface area (Å²) in [5.74, 6) is -0.494. The Morgan fingerprint density at radius 3 is 2.68 bits per heavy atom. The minimum absolute atomic E-state index is 0.115. The number of aryl methyl sites for hydroxylation is 1. The zero-order valence-electron chi connectivity index (χ0n) is 18.7. The molecule has 0 aliphatic heterocycles. The van der Waals surface area contributed by atoms with Crippen LogP contribution in [0.15, 0.2) is 57.8 Å². The van der Waals surface area contributed by atoms with E-state index >= 15 is 0 Å². The van der Waals surface area contributed by atoms with Gasteiger partial charge in [-0.2, -0.15) is 0 Å². The van der Waals surface area contributed by atoms with Crippen molar-refractivity contribution in [1.29, 1.82) is 0 Å². The van der Waals surface area contributed by atoms with Gasteiger partial charge in [-0.25, -0.2) is 9.78 Å². The number of carbonyl (C=O) groups is 2.